The van der Waals surface area contributed by atoms with Crippen LogP contribution in [0.15, 0.2) is 46.9 Å². The molecule has 102 valence electrons. The van der Waals surface area contributed by atoms with E-state index < -0.39 is 0 Å². The van der Waals surface area contributed by atoms with Crippen LogP contribution in [-0.2, 0) is 6.54 Å². The zero-order valence-corrected chi connectivity index (χ0v) is 13.1. The number of hydrogen-bond donors (Lipinski definition) is 1. The standard InChI is InChI=1S/C16H16BrN3/c1-20(2)16-8-7-14(17)9-15(16)19-11-13-5-3-12(10-18)4-6-13/h3-9,19H,11H2,1-2H3. The van der Waals surface area contributed by atoms with Crippen LogP contribution in [0, 0.1) is 11.3 Å². The maximum atomic E-state index is 8.79. The molecule has 0 aliphatic rings. The normalized spacial score (nSPS) is 9.90. The van der Waals surface area contributed by atoms with Crippen LogP contribution >= 0.6 is 15.9 Å². The molecule has 0 saturated heterocycles. The summed E-state index contributed by atoms with van der Waals surface area (Å²) in [5.74, 6) is 0. The number of benzene rings is 2. The summed E-state index contributed by atoms with van der Waals surface area (Å²) in [6, 6.07) is 15.9. The lowest BCUT2D eigenvalue weighted by molar-refractivity contribution is 1.10. The molecule has 0 unspecified atom stereocenters. The van der Waals surface area contributed by atoms with E-state index in [-0.39, 0.29) is 0 Å². The largest absolute Gasteiger partial charge is 0.379 e. The van der Waals surface area contributed by atoms with E-state index in [2.05, 4.69) is 44.3 Å². The minimum atomic E-state index is 0.685. The molecule has 0 heterocycles. The SMILES string of the molecule is CN(C)c1ccc(Br)cc1NCc1ccc(C#N)cc1. The predicted octanol–water partition coefficient (Wildman–Crippen LogP) is 4.00. The number of halogens is 1. The molecule has 0 aromatic heterocycles. The second-order valence-electron chi connectivity index (χ2n) is 4.72. The van der Waals surface area contributed by atoms with E-state index in [9.17, 15) is 0 Å². The van der Waals surface area contributed by atoms with Crippen LogP contribution < -0.4 is 10.2 Å². The van der Waals surface area contributed by atoms with Gasteiger partial charge < -0.3 is 10.2 Å². The Morgan fingerprint density at radius 2 is 1.85 bits per heavy atom. The maximum Gasteiger partial charge on any atom is 0.0991 e. The second-order valence-corrected chi connectivity index (χ2v) is 5.63. The van der Waals surface area contributed by atoms with Crippen LogP contribution in [0.2, 0.25) is 0 Å². The van der Waals surface area contributed by atoms with E-state index in [1.165, 1.54) is 0 Å². The molecule has 0 atom stereocenters. The van der Waals surface area contributed by atoms with Crippen molar-refractivity contribution in [3.8, 4) is 6.07 Å². The zero-order valence-electron chi connectivity index (χ0n) is 11.5. The molecule has 0 bridgehead atoms. The number of anilines is 2. The van der Waals surface area contributed by atoms with E-state index in [0.717, 1.165) is 28.0 Å². The summed E-state index contributed by atoms with van der Waals surface area (Å²) in [6.45, 7) is 0.725. The lowest BCUT2D eigenvalue weighted by atomic mass is 10.1. The molecule has 0 spiro atoms. The van der Waals surface area contributed by atoms with Crippen LogP contribution in [0.4, 0.5) is 11.4 Å². The maximum absolute atomic E-state index is 8.79. The zero-order chi connectivity index (χ0) is 14.5. The average Bonchev–Trinajstić information content (AvgIpc) is 2.45. The predicted molar refractivity (Wildman–Crippen MR) is 87.0 cm³/mol. The van der Waals surface area contributed by atoms with Crippen molar-refractivity contribution in [2.24, 2.45) is 0 Å². The van der Waals surface area contributed by atoms with Crippen molar-refractivity contribution in [3.05, 3.63) is 58.1 Å². The van der Waals surface area contributed by atoms with Crippen LogP contribution in [-0.4, -0.2) is 14.1 Å². The third-order valence-electron chi connectivity index (χ3n) is 3.01. The van der Waals surface area contributed by atoms with Gasteiger partial charge in [-0.1, -0.05) is 28.1 Å². The molecule has 0 aliphatic carbocycles. The van der Waals surface area contributed by atoms with Gasteiger partial charge in [0.25, 0.3) is 0 Å². The quantitative estimate of drug-likeness (QED) is 0.921. The Morgan fingerprint density at radius 3 is 2.45 bits per heavy atom. The van der Waals surface area contributed by atoms with Crippen molar-refractivity contribution in [3.63, 3.8) is 0 Å². The first-order valence-corrected chi connectivity index (χ1v) is 7.09. The molecule has 2 aromatic rings. The topological polar surface area (TPSA) is 39.1 Å². The third kappa shape index (κ3) is 3.52. The van der Waals surface area contributed by atoms with Gasteiger partial charge in [-0.25, -0.2) is 0 Å². The molecular weight excluding hydrogens is 314 g/mol. The Hall–Kier alpha value is -1.99. The van der Waals surface area contributed by atoms with Crippen molar-refractivity contribution in [1.82, 2.24) is 0 Å². The highest BCUT2D eigenvalue weighted by Crippen LogP contribution is 2.28. The van der Waals surface area contributed by atoms with Crippen molar-refractivity contribution >= 4 is 27.3 Å². The first-order valence-electron chi connectivity index (χ1n) is 6.30. The summed E-state index contributed by atoms with van der Waals surface area (Å²) in [7, 11) is 4.05. The van der Waals surface area contributed by atoms with Crippen molar-refractivity contribution in [2.75, 3.05) is 24.3 Å². The van der Waals surface area contributed by atoms with E-state index in [0.29, 0.717) is 5.56 Å². The molecule has 0 aliphatic heterocycles. The highest BCUT2D eigenvalue weighted by Gasteiger charge is 2.05. The Morgan fingerprint density at radius 1 is 1.15 bits per heavy atom. The van der Waals surface area contributed by atoms with Crippen molar-refractivity contribution < 1.29 is 0 Å². The summed E-state index contributed by atoms with van der Waals surface area (Å²) in [6.07, 6.45) is 0. The highest BCUT2D eigenvalue weighted by molar-refractivity contribution is 9.10. The van der Waals surface area contributed by atoms with Gasteiger partial charge in [0.05, 0.1) is 23.0 Å². The van der Waals surface area contributed by atoms with Gasteiger partial charge >= 0.3 is 0 Å². The fraction of sp³-hybridized carbons (Fsp3) is 0.188. The van der Waals surface area contributed by atoms with Crippen LogP contribution in [0.5, 0.6) is 0 Å². The van der Waals surface area contributed by atoms with Crippen LogP contribution in [0.25, 0.3) is 0 Å². The number of nitrogens with one attached hydrogen (secondary N) is 1. The molecule has 4 heteroatoms. The summed E-state index contributed by atoms with van der Waals surface area (Å²) in [5.41, 5.74) is 4.05. The third-order valence-corrected chi connectivity index (χ3v) is 3.50. The number of rotatable bonds is 4. The molecule has 0 radical (unpaired) electrons. The first-order chi connectivity index (χ1) is 9.60. The molecule has 3 nitrogen and oxygen atoms in total. The summed E-state index contributed by atoms with van der Waals surface area (Å²) < 4.78 is 1.05. The van der Waals surface area contributed by atoms with E-state index in [1.54, 1.807) is 0 Å². The van der Waals surface area contributed by atoms with Gasteiger partial charge in [-0.05, 0) is 35.9 Å². The number of nitriles is 1. The summed E-state index contributed by atoms with van der Waals surface area (Å²) in [5, 5.41) is 12.2. The Bertz CT molecular complexity index is 627. The fourth-order valence-electron chi connectivity index (χ4n) is 1.93. The Balaban J connectivity index is 2.13. The Labute approximate surface area is 128 Å². The van der Waals surface area contributed by atoms with Gasteiger partial charge in [0.1, 0.15) is 0 Å². The van der Waals surface area contributed by atoms with Gasteiger partial charge in [0.15, 0.2) is 0 Å². The minimum absolute atomic E-state index is 0.685. The Kier molecular flexibility index (Phi) is 4.65. The minimum Gasteiger partial charge on any atom is -0.379 e. The number of hydrogen-bond acceptors (Lipinski definition) is 3. The van der Waals surface area contributed by atoms with Gasteiger partial charge in [0.2, 0.25) is 0 Å². The van der Waals surface area contributed by atoms with Crippen molar-refractivity contribution in [1.29, 1.82) is 5.26 Å². The highest BCUT2D eigenvalue weighted by atomic mass is 79.9. The van der Waals surface area contributed by atoms with Gasteiger partial charge in [-0.15, -0.1) is 0 Å². The van der Waals surface area contributed by atoms with E-state index in [1.807, 2.05) is 44.4 Å². The molecule has 0 saturated carbocycles. The molecular formula is C16H16BrN3. The number of nitrogens with zero attached hydrogens (tertiary/aromatic N) is 2. The molecule has 0 fully saturated rings. The molecule has 2 rings (SSSR count). The van der Waals surface area contributed by atoms with Crippen LogP contribution in [0.3, 0.4) is 0 Å². The smallest absolute Gasteiger partial charge is 0.0991 e. The fourth-order valence-corrected chi connectivity index (χ4v) is 2.30. The van der Waals surface area contributed by atoms with E-state index >= 15 is 0 Å². The lowest BCUT2D eigenvalue weighted by Crippen LogP contribution is -2.12. The van der Waals surface area contributed by atoms with Gasteiger partial charge in [0, 0.05) is 25.1 Å². The summed E-state index contributed by atoms with van der Waals surface area (Å²) in [4.78, 5) is 2.08. The molecule has 20 heavy (non-hydrogen) atoms. The second kappa shape index (κ2) is 6.44. The monoisotopic (exact) mass is 329 g/mol. The molecule has 0 amide bonds. The van der Waals surface area contributed by atoms with Crippen molar-refractivity contribution in [2.45, 2.75) is 6.54 Å². The first kappa shape index (κ1) is 14.4. The van der Waals surface area contributed by atoms with Crippen LogP contribution in [0.1, 0.15) is 11.1 Å². The lowest BCUT2D eigenvalue weighted by Gasteiger charge is -2.19. The van der Waals surface area contributed by atoms with Gasteiger partial charge in [-0.3, -0.25) is 0 Å². The van der Waals surface area contributed by atoms with Gasteiger partial charge in [-0.2, -0.15) is 5.26 Å². The summed E-state index contributed by atoms with van der Waals surface area (Å²) >= 11 is 3.50. The average molecular weight is 330 g/mol. The molecule has 2 aromatic carbocycles. The molecule has 1 N–H and O–H groups in total. The van der Waals surface area contributed by atoms with E-state index in [4.69, 9.17) is 5.26 Å².